The molecule has 1 aromatic heterocycles. The molecule has 82 valence electrons. The van der Waals surface area contributed by atoms with Gasteiger partial charge < -0.3 is 11.1 Å². The monoisotopic (exact) mass is 224 g/mol. The van der Waals surface area contributed by atoms with Crippen LogP contribution in [0.4, 0.5) is 0 Å². The number of pyridine rings is 1. The first-order valence-electron chi connectivity index (χ1n) is 4.83. The van der Waals surface area contributed by atoms with Crippen LogP contribution in [0, 0.1) is 5.41 Å². The largest absolute Gasteiger partial charge is 0.384 e. The molecule has 1 saturated heterocycles. The smallest absolute Gasteiger partial charge is 0.122 e. The summed E-state index contributed by atoms with van der Waals surface area (Å²) >= 11 is 2.03. The lowest BCUT2D eigenvalue weighted by molar-refractivity contribution is 0.756. The van der Waals surface area contributed by atoms with Crippen molar-refractivity contribution in [2.75, 3.05) is 24.6 Å². The van der Waals surface area contributed by atoms with Gasteiger partial charge in [0, 0.05) is 42.6 Å². The van der Waals surface area contributed by atoms with Gasteiger partial charge in [-0.3, -0.25) is 10.4 Å². The molecule has 2 rings (SSSR count). The maximum absolute atomic E-state index is 6.99. The van der Waals surface area contributed by atoms with Gasteiger partial charge in [0.05, 0.1) is 0 Å². The molecule has 0 radical (unpaired) electrons. The molecule has 0 spiro atoms. The van der Waals surface area contributed by atoms with Crippen molar-refractivity contribution in [2.45, 2.75) is 0 Å². The van der Waals surface area contributed by atoms with Crippen molar-refractivity contribution in [1.82, 2.24) is 10.3 Å². The van der Waals surface area contributed by atoms with Crippen LogP contribution < -0.4 is 11.1 Å². The Bertz CT molecular complexity index is 273. The van der Waals surface area contributed by atoms with Gasteiger partial charge in [-0.25, -0.2) is 0 Å². The van der Waals surface area contributed by atoms with Gasteiger partial charge in [-0.05, 0) is 12.1 Å². The second kappa shape index (κ2) is 7.25. The summed E-state index contributed by atoms with van der Waals surface area (Å²) in [7, 11) is 0. The van der Waals surface area contributed by atoms with E-state index in [1.54, 1.807) is 24.5 Å². The number of nitrogens with zero attached hydrogens (tertiary/aromatic N) is 1. The summed E-state index contributed by atoms with van der Waals surface area (Å²) in [6, 6.07) is 3.39. The second-order valence-electron chi connectivity index (χ2n) is 3.01. The molecule has 1 aromatic rings. The van der Waals surface area contributed by atoms with E-state index in [-0.39, 0.29) is 5.84 Å². The second-order valence-corrected chi connectivity index (χ2v) is 4.24. The van der Waals surface area contributed by atoms with Crippen LogP contribution in [0.15, 0.2) is 24.5 Å². The molecule has 0 bridgehead atoms. The quantitative estimate of drug-likeness (QED) is 0.484. The van der Waals surface area contributed by atoms with Gasteiger partial charge >= 0.3 is 0 Å². The van der Waals surface area contributed by atoms with Crippen LogP contribution in [0.5, 0.6) is 0 Å². The lowest BCUT2D eigenvalue weighted by Gasteiger charge is -2.08. The lowest BCUT2D eigenvalue weighted by Crippen LogP contribution is -2.24. The summed E-state index contributed by atoms with van der Waals surface area (Å²) in [5.41, 5.74) is 5.88. The van der Waals surface area contributed by atoms with Crippen molar-refractivity contribution < 1.29 is 0 Å². The van der Waals surface area contributed by atoms with E-state index < -0.39 is 0 Å². The van der Waals surface area contributed by atoms with E-state index in [0.717, 1.165) is 0 Å². The number of rotatable bonds is 1. The highest BCUT2D eigenvalue weighted by Gasteiger charge is 1.93. The molecule has 1 aliphatic rings. The molecular weight excluding hydrogens is 208 g/mol. The van der Waals surface area contributed by atoms with E-state index in [4.69, 9.17) is 11.1 Å². The molecule has 0 amide bonds. The molecule has 1 fully saturated rings. The number of hydrogen-bond acceptors (Lipinski definition) is 4. The highest BCUT2D eigenvalue weighted by molar-refractivity contribution is 7.99. The molecule has 4 N–H and O–H groups in total. The fraction of sp³-hybridized carbons (Fsp3) is 0.400. The maximum atomic E-state index is 6.99. The third-order valence-electron chi connectivity index (χ3n) is 1.84. The molecule has 1 aliphatic heterocycles. The van der Waals surface area contributed by atoms with Gasteiger partial charge in [0.1, 0.15) is 5.84 Å². The lowest BCUT2D eigenvalue weighted by atomic mass is 10.2. The molecule has 5 heteroatoms. The van der Waals surface area contributed by atoms with Crippen molar-refractivity contribution in [3.63, 3.8) is 0 Å². The predicted octanol–water partition coefficient (Wildman–Crippen LogP) is 0.688. The Kier molecular flexibility index (Phi) is 5.80. The highest BCUT2D eigenvalue weighted by atomic mass is 32.2. The number of nitrogens with two attached hydrogens (primary N) is 1. The summed E-state index contributed by atoms with van der Waals surface area (Å²) in [6.45, 7) is 2.43. The van der Waals surface area contributed by atoms with Crippen LogP contribution >= 0.6 is 11.8 Å². The van der Waals surface area contributed by atoms with Crippen LogP contribution in [-0.2, 0) is 0 Å². The summed E-state index contributed by atoms with van der Waals surface area (Å²) in [4.78, 5) is 3.78. The molecular formula is C10H16N4S. The van der Waals surface area contributed by atoms with Crippen LogP contribution in [0.25, 0.3) is 0 Å². The number of aromatic nitrogens is 1. The Morgan fingerprint density at radius 1 is 1.33 bits per heavy atom. The molecule has 0 aliphatic carbocycles. The SMILES string of the molecule is C1CSCCN1.N=C(N)c1ccncc1. The van der Waals surface area contributed by atoms with E-state index >= 15 is 0 Å². The minimum atomic E-state index is 0.0809. The van der Waals surface area contributed by atoms with E-state index in [1.807, 2.05) is 11.8 Å². The van der Waals surface area contributed by atoms with Crippen molar-refractivity contribution in [3.8, 4) is 0 Å². The highest BCUT2D eigenvalue weighted by Crippen LogP contribution is 1.99. The summed E-state index contributed by atoms with van der Waals surface area (Å²) < 4.78 is 0. The van der Waals surface area contributed by atoms with Gasteiger partial charge in [-0.2, -0.15) is 11.8 Å². The summed E-state index contributed by atoms with van der Waals surface area (Å²) in [5.74, 6) is 2.69. The topological polar surface area (TPSA) is 74.8 Å². The van der Waals surface area contributed by atoms with Crippen LogP contribution in [0.1, 0.15) is 5.56 Å². The van der Waals surface area contributed by atoms with Crippen molar-refractivity contribution in [2.24, 2.45) is 5.73 Å². The zero-order valence-corrected chi connectivity index (χ0v) is 9.39. The molecule has 4 nitrogen and oxygen atoms in total. The van der Waals surface area contributed by atoms with E-state index in [9.17, 15) is 0 Å². The average molecular weight is 224 g/mol. The van der Waals surface area contributed by atoms with Crippen LogP contribution in [0.2, 0.25) is 0 Å². The van der Waals surface area contributed by atoms with Crippen LogP contribution in [0.3, 0.4) is 0 Å². The number of hydrogen-bond donors (Lipinski definition) is 3. The molecule has 2 heterocycles. The Balaban J connectivity index is 0.000000162. The van der Waals surface area contributed by atoms with E-state index in [1.165, 1.54) is 24.6 Å². The Labute approximate surface area is 94.2 Å². The van der Waals surface area contributed by atoms with Gasteiger partial charge in [-0.1, -0.05) is 0 Å². The number of amidine groups is 1. The first kappa shape index (κ1) is 12.0. The van der Waals surface area contributed by atoms with Gasteiger partial charge in [0.15, 0.2) is 0 Å². The first-order valence-corrected chi connectivity index (χ1v) is 5.99. The Morgan fingerprint density at radius 2 is 1.93 bits per heavy atom. The van der Waals surface area contributed by atoms with Gasteiger partial charge in [0.25, 0.3) is 0 Å². The third kappa shape index (κ3) is 5.39. The van der Waals surface area contributed by atoms with Gasteiger partial charge in [0.2, 0.25) is 0 Å². The summed E-state index contributed by atoms with van der Waals surface area (Å²) in [5, 5.41) is 10.2. The number of thioether (sulfide) groups is 1. The third-order valence-corrected chi connectivity index (χ3v) is 2.82. The molecule has 15 heavy (non-hydrogen) atoms. The average Bonchev–Trinajstić information content (AvgIpc) is 2.33. The maximum Gasteiger partial charge on any atom is 0.122 e. The Hall–Kier alpha value is -1.07. The van der Waals surface area contributed by atoms with E-state index in [0.29, 0.717) is 5.56 Å². The van der Waals surface area contributed by atoms with Crippen LogP contribution in [-0.4, -0.2) is 35.4 Å². The first-order chi connectivity index (χ1) is 7.30. The normalized spacial score (nSPS) is 14.9. The zero-order valence-electron chi connectivity index (χ0n) is 8.57. The molecule has 0 saturated carbocycles. The predicted molar refractivity (Wildman–Crippen MR) is 65.4 cm³/mol. The minimum Gasteiger partial charge on any atom is -0.384 e. The number of nitrogen functional groups attached to an aromatic ring is 1. The van der Waals surface area contributed by atoms with Crippen molar-refractivity contribution in [1.29, 1.82) is 5.41 Å². The fourth-order valence-corrected chi connectivity index (χ4v) is 1.83. The number of nitrogens with one attached hydrogen (secondary N) is 2. The zero-order chi connectivity index (χ0) is 10.9. The molecule has 0 aromatic carbocycles. The van der Waals surface area contributed by atoms with Crippen molar-refractivity contribution in [3.05, 3.63) is 30.1 Å². The minimum absolute atomic E-state index is 0.0809. The molecule has 0 unspecified atom stereocenters. The Morgan fingerprint density at radius 3 is 2.20 bits per heavy atom. The standard InChI is InChI=1S/C6H7N3.C4H9NS/c7-6(8)5-1-3-9-4-2-5;1-3-6-4-2-5-1/h1-4H,(H3,7,8);5H,1-4H2. The fourth-order valence-electron chi connectivity index (χ4n) is 1.05. The van der Waals surface area contributed by atoms with Crippen molar-refractivity contribution >= 4 is 17.6 Å². The summed E-state index contributed by atoms with van der Waals surface area (Å²) in [6.07, 6.45) is 3.22. The van der Waals surface area contributed by atoms with Gasteiger partial charge in [-0.15, -0.1) is 0 Å². The van der Waals surface area contributed by atoms with E-state index in [2.05, 4.69) is 10.3 Å². The molecule has 0 atom stereocenters.